The summed E-state index contributed by atoms with van der Waals surface area (Å²) in [7, 11) is 3.09. The van der Waals surface area contributed by atoms with Crippen LogP contribution in [0.3, 0.4) is 0 Å². The molecule has 0 aliphatic heterocycles. The third kappa shape index (κ3) is 3.64. The number of benzene rings is 1. The quantitative estimate of drug-likeness (QED) is 0.645. The highest BCUT2D eigenvalue weighted by atomic mass is 79.9. The molecule has 2 amide bonds. The largest absolute Gasteiger partial charge is 0.379 e. The average Bonchev–Trinajstić information content (AvgIpc) is 2.96. The molecule has 22 heavy (non-hydrogen) atoms. The van der Waals surface area contributed by atoms with Gasteiger partial charge < -0.3 is 16.0 Å². The van der Waals surface area contributed by atoms with Crippen LogP contribution in [0.5, 0.6) is 0 Å². The second kappa shape index (κ2) is 7.08. The Morgan fingerprint density at radius 2 is 1.73 bits per heavy atom. The first-order valence-corrected chi connectivity index (χ1v) is 7.35. The van der Waals surface area contributed by atoms with Gasteiger partial charge in [-0.15, -0.1) is 0 Å². The number of rotatable bonds is 5. The molecule has 1 aromatic heterocycles. The Morgan fingerprint density at radius 3 is 2.18 bits per heavy atom. The van der Waals surface area contributed by atoms with Crippen molar-refractivity contribution in [3.63, 3.8) is 0 Å². The molecule has 7 nitrogen and oxygen atoms in total. The summed E-state index contributed by atoms with van der Waals surface area (Å²) < 4.78 is 0.856. The van der Waals surface area contributed by atoms with E-state index in [0.717, 1.165) is 10.2 Å². The van der Waals surface area contributed by atoms with Crippen molar-refractivity contribution >= 4 is 33.4 Å². The van der Waals surface area contributed by atoms with Crippen LogP contribution in [0.4, 0.5) is 5.69 Å². The molecule has 0 unspecified atom stereocenters. The molecule has 4 N–H and O–H groups in total. The smallest absolute Gasteiger partial charge is 0.251 e. The summed E-state index contributed by atoms with van der Waals surface area (Å²) in [6.45, 7) is 0.477. The van der Waals surface area contributed by atoms with Gasteiger partial charge >= 0.3 is 0 Å². The minimum absolute atomic E-state index is 0.253. The fourth-order valence-corrected chi connectivity index (χ4v) is 2.22. The first-order valence-electron chi connectivity index (χ1n) is 6.56. The van der Waals surface area contributed by atoms with Crippen LogP contribution in [-0.4, -0.2) is 36.1 Å². The highest BCUT2D eigenvalue weighted by molar-refractivity contribution is 9.10. The number of H-pyrrole nitrogens is 1. The van der Waals surface area contributed by atoms with Gasteiger partial charge in [0.05, 0.1) is 22.9 Å². The number of nitrogens with one attached hydrogen (secondary N) is 4. The molecule has 0 radical (unpaired) electrons. The van der Waals surface area contributed by atoms with Crippen LogP contribution >= 0.6 is 15.9 Å². The number of aromatic amines is 1. The van der Waals surface area contributed by atoms with Gasteiger partial charge in [-0.25, -0.2) is 0 Å². The highest BCUT2D eigenvalue weighted by Crippen LogP contribution is 2.18. The second-order valence-corrected chi connectivity index (χ2v) is 5.36. The van der Waals surface area contributed by atoms with Crippen LogP contribution in [0.2, 0.25) is 0 Å². The van der Waals surface area contributed by atoms with E-state index in [0.29, 0.717) is 23.4 Å². The number of hydrogen-bond donors (Lipinski definition) is 4. The maximum absolute atomic E-state index is 11.8. The SMILES string of the molecule is CNC(=O)c1cc(NCc2[nH]ncc2Br)cc(C(=O)NC)c1. The summed E-state index contributed by atoms with van der Waals surface area (Å²) in [5, 5.41) is 15.0. The summed E-state index contributed by atoms with van der Waals surface area (Å²) in [6.07, 6.45) is 1.66. The van der Waals surface area contributed by atoms with Crippen LogP contribution in [0.25, 0.3) is 0 Å². The Morgan fingerprint density at radius 1 is 1.14 bits per heavy atom. The third-order valence-electron chi connectivity index (χ3n) is 3.05. The molecule has 116 valence electrons. The van der Waals surface area contributed by atoms with Crippen molar-refractivity contribution < 1.29 is 9.59 Å². The van der Waals surface area contributed by atoms with E-state index in [2.05, 4.69) is 42.1 Å². The van der Waals surface area contributed by atoms with E-state index in [-0.39, 0.29) is 11.8 Å². The van der Waals surface area contributed by atoms with Crippen molar-refractivity contribution in [2.75, 3.05) is 19.4 Å². The lowest BCUT2D eigenvalue weighted by Gasteiger charge is -2.10. The van der Waals surface area contributed by atoms with Crippen LogP contribution < -0.4 is 16.0 Å². The molecule has 1 aromatic carbocycles. The van der Waals surface area contributed by atoms with Gasteiger partial charge in [0, 0.05) is 30.9 Å². The summed E-state index contributed by atoms with van der Waals surface area (Å²) in [5.74, 6) is -0.506. The first-order chi connectivity index (χ1) is 10.5. The van der Waals surface area contributed by atoms with Gasteiger partial charge in [-0.05, 0) is 34.1 Å². The van der Waals surface area contributed by atoms with Crippen molar-refractivity contribution in [3.05, 3.63) is 45.7 Å². The van der Waals surface area contributed by atoms with Crippen molar-refractivity contribution in [1.29, 1.82) is 0 Å². The van der Waals surface area contributed by atoms with Crippen LogP contribution in [-0.2, 0) is 6.54 Å². The fourth-order valence-electron chi connectivity index (χ4n) is 1.89. The van der Waals surface area contributed by atoms with Crippen molar-refractivity contribution in [2.45, 2.75) is 6.54 Å². The standard InChI is InChI=1S/C14H16BrN5O2/c1-16-13(21)8-3-9(14(22)17-2)5-10(4-8)18-7-12-11(15)6-19-20-12/h3-6,18H,7H2,1-2H3,(H,16,21)(H,17,22)(H,19,20). The average molecular weight is 366 g/mol. The van der Waals surface area contributed by atoms with Gasteiger partial charge in [0.2, 0.25) is 0 Å². The molecule has 0 atom stereocenters. The molecular formula is C14H16BrN5O2. The number of halogens is 1. The molecule has 0 fully saturated rings. The molecule has 0 bridgehead atoms. The lowest BCUT2D eigenvalue weighted by Crippen LogP contribution is -2.21. The van der Waals surface area contributed by atoms with Gasteiger partial charge in [0.25, 0.3) is 11.8 Å². The number of nitrogens with zero attached hydrogens (tertiary/aromatic N) is 1. The molecule has 1 heterocycles. The Bertz CT molecular complexity index is 664. The number of aromatic nitrogens is 2. The van der Waals surface area contributed by atoms with E-state index in [1.165, 1.54) is 0 Å². The summed E-state index contributed by atoms with van der Waals surface area (Å²) in [4.78, 5) is 23.6. The molecule has 0 saturated heterocycles. The van der Waals surface area contributed by atoms with Gasteiger partial charge in [-0.3, -0.25) is 14.7 Å². The molecule has 0 aliphatic carbocycles. The van der Waals surface area contributed by atoms with Crippen molar-refractivity contribution in [3.8, 4) is 0 Å². The molecule has 0 spiro atoms. The van der Waals surface area contributed by atoms with Crippen molar-refractivity contribution in [1.82, 2.24) is 20.8 Å². The lowest BCUT2D eigenvalue weighted by atomic mass is 10.1. The minimum Gasteiger partial charge on any atom is -0.379 e. The van der Waals surface area contributed by atoms with Gasteiger partial charge in [0.1, 0.15) is 0 Å². The van der Waals surface area contributed by atoms with Crippen LogP contribution in [0, 0.1) is 0 Å². The van der Waals surface area contributed by atoms with Gasteiger partial charge in [0.15, 0.2) is 0 Å². The van der Waals surface area contributed by atoms with E-state index in [1.54, 1.807) is 38.5 Å². The number of carbonyl (C=O) groups excluding carboxylic acids is 2. The predicted octanol–water partition coefficient (Wildman–Crippen LogP) is 1.50. The third-order valence-corrected chi connectivity index (χ3v) is 3.73. The maximum atomic E-state index is 11.8. The predicted molar refractivity (Wildman–Crippen MR) is 86.8 cm³/mol. The molecule has 8 heteroatoms. The number of hydrogen-bond acceptors (Lipinski definition) is 4. The zero-order chi connectivity index (χ0) is 16.1. The zero-order valence-corrected chi connectivity index (χ0v) is 13.7. The van der Waals surface area contributed by atoms with Gasteiger partial charge in [-0.2, -0.15) is 5.10 Å². The normalized spacial score (nSPS) is 10.1. The summed E-state index contributed by atoms with van der Waals surface area (Å²) in [6, 6.07) is 4.93. The first kappa shape index (κ1) is 16.0. The lowest BCUT2D eigenvalue weighted by molar-refractivity contribution is 0.0962. The number of carbonyl (C=O) groups is 2. The number of amides is 2. The Hall–Kier alpha value is -2.35. The Labute approximate surface area is 136 Å². The molecule has 0 aliphatic rings. The zero-order valence-electron chi connectivity index (χ0n) is 12.2. The molecular weight excluding hydrogens is 350 g/mol. The maximum Gasteiger partial charge on any atom is 0.251 e. The van der Waals surface area contributed by atoms with Crippen molar-refractivity contribution in [2.24, 2.45) is 0 Å². The Balaban J connectivity index is 2.27. The highest BCUT2D eigenvalue weighted by Gasteiger charge is 2.12. The Kier molecular flexibility index (Phi) is 5.16. The number of anilines is 1. The van der Waals surface area contributed by atoms with E-state index in [4.69, 9.17) is 0 Å². The molecule has 0 saturated carbocycles. The monoisotopic (exact) mass is 365 g/mol. The fraction of sp³-hybridized carbons (Fsp3) is 0.214. The van der Waals surface area contributed by atoms with E-state index in [9.17, 15) is 9.59 Å². The summed E-state index contributed by atoms with van der Waals surface area (Å²) >= 11 is 3.38. The van der Waals surface area contributed by atoms with Crippen LogP contribution in [0.1, 0.15) is 26.4 Å². The van der Waals surface area contributed by atoms with Gasteiger partial charge in [-0.1, -0.05) is 0 Å². The summed E-state index contributed by atoms with van der Waals surface area (Å²) in [5.41, 5.74) is 2.36. The second-order valence-electron chi connectivity index (χ2n) is 4.51. The van der Waals surface area contributed by atoms with E-state index >= 15 is 0 Å². The minimum atomic E-state index is -0.253. The van der Waals surface area contributed by atoms with E-state index in [1.807, 2.05) is 0 Å². The topological polar surface area (TPSA) is 98.9 Å². The van der Waals surface area contributed by atoms with E-state index < -0.39 is 0 Å². The molecule has 2 rings (SSSR count). The molecule has 2 aromatic rings. The van der Waals surface area contributed by atoms with Crippen LogP contribution in [0.15, 0.2) is 28.9 Å².